The highest BCUT2D eigenvalue weighted by atomic mass is 16.6. The number of hydrogen-bond acceptors (Lipinski definition) is 5. The fourth-order valence-electron chi connectivity index (χ4n) is 0.778. The summed E-state index contributed by atoms with van der Waals surface area (Å²) in [5.41, 5.74) is 5.23. The van der Waals surface area contributed by atoms with Gasteiger partial charge in [-0.25, -0.2) is 4.98 Å². The van der Waals surface area contributed by atoms with E-state index in [0.29, 0.717) is 0 Å². The van der Waals surface area contributed by atoms with E-state index >= 15 is 0 Å². The predicted molar refractivity (Wildman–Crippen MR) is 47.8 cm³/mol. The summed E-state index contributed by atoms with van der Waals surface area (Å²) in [6, 6.07) is 2.76. The molecule has 0 saturated heterocycles. The molecule has 0 spiro atoms. The molecule has 1 heterocycles. The van der Waals surface area contributed by atoms with Gasteiger partial charge in [-0.05, 0) is 5.92 Å². The molecule has 0 bridgehead atoms. The number of nitrogen functional groups attached to an aromatic ring is 1. The lowest BCUT2D eigenvalue weighted by Gasteiger charge is -1.95. The number of pyridine rings is 1. The van der Waals surface area contributed by atoms with Crippen LogP contribution in [0.5, 0.6) is 0 Å². The average molecular weight is 188 g/mol. The van der Waals surface area contributed by atoms with Crippen molar-refractivity contribution >= 4 is 11.5 Å². The van der Waals surface area contributed by atoms with Crippen LogP contribution >= 0.6 is 0 Å². The van der Waals surface area contributed by atoms with Crippen LogP contribution < -0.4 is 5.73 Å². The second-order valence-electron chi connectivity index (χ2n) is 2.25. The third kappa shape index (κ3) is 1.96. The molecule has 0 aromatic carbocycles. The number of rotatable bonds is 1. The molecule has 6 heteroatoms. The lowest BCUT2D eigenvalue weighted by atomic mass is 10.2. The van der Waals surface area contributed by atoms with Gasteiger partial charge in [0.25, 0.3) is 0 Å². The summed E-state index contributed by atoms with van der Waals surface area (Å²) < 4.78 is 0. The summed E-state index contributed by atoms with van der Waals surface area (Å²) in [6.07, 6.45) is 1.27. The van der Waals surface area contributed by atoms with Crippen LogP contribution in [-0.4, -0.2) is 9.91 Å². The van der Waals surface area contributed by atoms with Crippen molar-refractivity contribution in [2.24, 2.45) is 0 Å². The Bertz CT molecular complexity index is 478. The largest absolute Gasteiger partial charge is 0.378 e. The lowest BCUT2D eigenvalue weighted by molar-refractivity contribution is -0.384. The van der Waals surface area contributed by atoms with E-state index in [2.05, 4.69) is 16.8 Å². The minimum absolute atomic E-state index is 0.169. The number of aromatic nitrogens is 1. The molecule has 0 unspecified atom stereocenters. The third-order valence-corrected chi connectivity index (χ3v) is 1.36. The first-order chi connectivity index (χ1) is 6.65. The zero-order valence-corrected chi connectivity index (χ0v) is 6.89. The van der Waals surface area contributed by atoms with Gasteiger partial charge in [-0.1, -0.05) is 0 Å². The van der Waals surface area contributed by atoms with E-state index in [9.17, 15) is 10.1 Å². The van der Waals surface area contributed by atoms with Gasteiger partial charge in [0.05, 0.1) is 10.5 Å². The van der Waals surface area contributed by atoms with Crippen molar-refractivity contribution in [2.75, 3.05) is 5.73 Å². The van der Waals surface area contributed by atoms with Crippen molar-refractivity contribution in [3.8, 4) is 17.9 Å². The highest BCUT2D eigenvalue weighted by Gasteiger charge is 2.12. The van der Waals surface area contributed by atoms with Gasteiger partial charge >= 0.3 is 5.69 Å². The van der Waals surface area contributed by atoms with E-state index < -0.39 is 4.92 Å². The number of nitriles is 1. The van der Waals surface area contributed by atoms with Crippen LogP contribution in [0.4, 0.5) is 11.5 Å². The van der Waals surface area contributed by atoms with Gasteiger partial charge in [-0.15, -0.1) is 0 Å². The Labute approximate surface area is 79.1 Å². The number of nitro groups is 1. The van der Waals surface area contributed by atoms with Crippen LogP contribution in [0.1, 0.15) is 5.56 Å². The highest BCUT2D eigenvalue weighted by Crippen LogP contribution is 2.18. The molecule has 0 fully saturated rings. The van der Waals surface area contributed by atoms with Gasteiger partial charge in [-0.2, -0.15) is 5.26 Å². The zero-order valence-electron chi connectivity index (χ0n) is 6.89. The first-order valence-electron chi connectivity index (χ1n) is 3.45. The van der Waals surface area contributed by atoms with Crippen molar-refractivity contribution in [3.05, 3.63) is 27.9 Å². The fourth-order valence-corrected chi connectivity index (χ4v) is 0.778. The Morgan fingerprint density at radius 1 is 1.64 bits per heavy atom. The molecule has 14 heavy (non-hydrogen) atoms. The van der Waals surface area contributed by atoms with E-state index in [1.807, 2.05) is 0 Å². The highest BCUT2D eigenvalue weighted by molar-refractivity contribution is 5.56. The standard InChI is InChI=1S/C8H4N4O2/c9-3-1-2-6-4-7(12(13)14)8(10)11-5-6/h4-5H,(H2,10,11). The van der Waals surface area contributed by atoms with Crippen LogP contribution in [0.3, 0.4) is 0 Å². The monoisotopic (exact) mass is 188 g/mol. The first kappa shape index (κ1) is 9.49. The summed E-state index contributed by atoms with van der Waals surface area (Å²) in [6.45, 7) is 0. The van der Waals surface area contributed by atoms with Crippen molar-refractivity contribution in [1.82, 2.24) is 4.98 Å². The van der Waals surface area contributed by atoms with Gasteiger partial charge in [0, 0.05) is 18.2 Å². The fraction of sp³-hybridized carbons (Fsp3) is 0. The Kier molecular flexibility index (Phi) is 2.63. The summed E-state index contributed by atoms with van der Waals surface area (Å²) in [5.74, 6) is 4.32. The van der Waals surface area contributed by atoms with Gasteiger partial charge in [0.2, 0.25) is 5.82 Å². The molecular weight excluding hydrogens is 184 g/mol. The summed E-state index contributed by atoms with van der Waals surface area (Å²) in [7, 11) is 0. The molecular formula is C8H4N4O2. The summed E-state index contributed by atoms with van der Waals surface area (Å²) >= 11 is 0. The van der Waals surface area contributed by atoms with Gasteiger partial charge in [-0.3, -0.25) is 10.1 Å². The minimum atomic E-state index is -0.653. The Hall–Kier alpha value is -2.60. The molecule has 0 aliphatic rings. The molecule has 1 rings (SSSR count). The van der Waals surface area contributed by atoms with E-state index in [-0.39, 0.29) is 17.1 Å². The minimum Gasteiger partial charge on any atom is -0.378 e. The molecule has 6 nitrogen and oxygen atoms in total. The third-order valence-electron chi connectivity index (χ3n) is 1.36. The van der Waals surface area contributed by atoms with Gasteiger partial charge in [0.15, 0.2) is 6.07 Å². The SMILES string of the molecule is N#CC#Cc1cnc(N)c([N+](=O)[O-])c1. The summed E-state index contributed by atoms with van der Waals surface area (Å²) in [5, 5.41) is 18.6. The number of nitrogens with two attached hydrogens (primary N) is 1. The normalized spacial score (nSPS) is 8.21. The van der Waals surface area contributed by atoms with E-state index in [1.54, 1.807) is 6.07 Å². The van der Waals surface area contributed by atoms with Crippen molar-refractivity contribution in [3.63, 3.8) is 0 Å². The molecule has 1 aromatic rings. The van der Waals surface area contributed by atoms with Crippen LogP contribution in [0.25, 0.3) is 0 Å². The quantitative estimate of drug-likeness (QED) is 0.391. The van der Waals surface area contributed by atoms with Crippen molar-refractivity contribution in [1.29, 1.82) is 5.26 Å². The molecule has 68 valence electrons. The van der Waals surface area contributed by atoms with Crippen LogP contribution in [-0.2, 0) is 0 Å². The molecule has 0 radical (unpaired) electrons. The molecule has 0 atom stereocenters. The zero-order chi connectivity index (χ0) is 10.6. The smallest absolute Gasteiger partial charge is 0.312 e. The van der Waals surface area contributed by atoms with Crippen molar-refractivity contribution < 1.29 is 4.92 Å². The Morgan fingerprint density at radius 2 is 2.36 bits per heavy atom. The average Bonchev–Trinajstić information content (AvgIpc) is 2.16. The van der Waals surface area contributed by atoms with Crippen LogP contribution in [0, 0.1) is 33.3 Å². The number of hydrogen-bond donors (Lipinski definition) is 1. The maximum atomic E-state index is 10.4. The van der Waals surface area contributed by atoms with Crippen molar-refractivity contribution in [2.45, 2.75) is 0 Å². The van der Waals surface area contributed by atoms with Gasteiger partial charge < -0.3 is 5.73 Å². The number of nitrogens with zero attached hydrogens (tertiary/aromatic N) is 3. The van der Waals surface area contributed by atoms with Crippen LogP contribution in [0.2, 0.25) is 0 Å². The number of anilines is 1. The molecule has 2 N–H and O–H groups in total. The molecule has 1 aromatic heterocycles. The van der Waals surface area contributed by atoms with E-state index in [4.69, 9.17) is 11.0 Å². The first-order valence-corrected chi connectivity index (χ1v) is 3.45. The van der Waals surface area contributed by atoms with Crippen LogP contribution in [0.15, 0.2) is 12.3 Å². The second-order valence-corrected chi connectivity index (χ2v) is 2.25. The maximum absolute atomic E-state index is 10.4. The molecule has 0 aliphatic heterocycles. The second kappa shape index (κ2) is 3.87. The summed E-state index contributed by atoms with van der Waals surface area (Å²) in [4.78, 5) is 13.3. The Balaban J connectivity index is 3.21. The molecule has 0 aliphatic carbocycles. The molecule has 0 amide bonds. The van der Waals surface area contributed by atoms with Gasteiger partial charge in [0.1, 0.15) is 0 Å². The Morgan fingerprint density at radius 3 is 2.93 bits per heavy atom. The molecule has 0 saturated carbocycles. The maximum Gasteiger partial charge on any atom is 0.312 e. The predicted octanol–water partition coefficient (Wildman–Crippen LogP) is 0.447. The van der Waals surface area contributed by atoms with E-state index in [1.165, 1.54) is 12.3 Å². The van der Waals surface area contributed by atoms with E-state index in [0.717, 1.165) is 0 Å². The lowest BCUT2D eigenvalue weighted by Crippen LogP contribution is -1.98. The topological polar surface area (TPSA) is 106 Å².